The molecule has 1 heterocycles. The number of hydrogen-bond donors (Lipinski definition) is 1. The Kier molecular flexibility index (Phi) is 6.14. The van der Waals surface area contributed by atoms with Gasteiger partial charge in [0.05, 0.1) is 10.6 Å². The zero-order chi connectivity index (χ0) is 21.2. The van der Waals surface area contributed by atoms with Crippen molar-refractivity contribution in [2.24, 2.45) is 5.92 Å². The lowest BCUT2D eigenvalue weighted by molar-refractivity contribution is -0.120. The van der Waals surface area contributed by atoms with E-state index in [2.05, 4.69) is 5.32 Å². The van der Waals surface area contributed by atoms with Gasteiger partial charge in [-0.05, 0) is 56.5 Å². The summed E-state index contributed by atoms with van der Waals surface area (Å²) in [6, 6.07) is 10.5. The summed E-state index contributed by atoms with van der Waals surface area (Å²) >= 11 is 0. The summed E-state index contributed by atoms with van der Waals surface area (Å²) in [5.41, 5.74) is 1.21. The van der Waals surface area contributed by atoms with Crippen molar-refractivity contribution in [2.75, 3.05) is 18.4 Å². The summed E-state index contributed by atoms with van der Waals surface area (Å²) in [7, 11) is -3.75. The van der Waals surface area contributed by atoms with Gasteiger partial charge in [-0.1, -0.05) is 18.2 Å². The highest BCUT2D eigenvalue weighted by molar-refractivity contribution is 7.89. The van der Waals surface area contributed by atoms with Crippen molar-refractivity contribution in [1.82, 2.24) is 4.31 Å². The SMILES string of the molecule is CC(=O)c1cccc(S(=O)(=O)N2CCC(C(=O)Nc3ccc(C)cc3F)CC2)c1. The zero-order valence-corrected chi connectivity index (χ0v) is 17.1. The Hall–Kier alpha value is -2.58. The number of halogens is 1. The molecule has 1 N–H and O–H groups in total. The second kappa shape index (κ2) is 8.42. The highest BCUT2D eigenvalue weighted by Crippen LogP contribution is 2.26. The Balaban J connectivity index is 1.65. The number of anilines is 1. The quantitative estimate of drug-likeness (QED) is 0.755. The molecule has 0 bridgehead atoms. The molecule has 0 aliphatic carbocycles. The topological polar surface area (TPSA) is 83.6 Å². The predicted octanol–water partition coefficient (Wildman–Crippen LogP) is 3.38. The fourth-order valence-corrected chi connectivity index (χ4v) is 4.86. The Labute approximate surface area is 169 Å². The third kappa shape index (κ3) is 4.71. The molecule has 6 nitrogen and oxygen atoms in total. The van der Waals surface area contributed by atoms with E-state index < -0.39 is 21.8 Å². The summed E-state index contributed by atoms with van der Waals surface area (Å²) in [5, 5.41) is 2.59. The van der Waals surface area contributed by atoms with Gasteiger partial charge in [0.25, 0.3) is 0 Å². The van der Waals surface area contributed by atoms with Crippen LogP contribution in [-0.4, -0.2) is 37.5 Å². The van der Waals surface area contributed by atoms with Gasteiger partial charge in [-0.15, -0.1) is 0 Å². The molecule has 8 heteroatoms. The monoisotopic (exact) mass is 418 g/mol. The largest absolute Gasteiger partial charge is 0.323 e. The number of carbonyl (C=O) groups excluding carboxylic acids is 2. The van der Waals surface area contributed by atoms with E-state index in [4.69, 9.17) is 0 Å². The molecule has 0 unspecified atom stereocenters. The number of Topliss-reactive ketones (excluding diaryl/α,β-unsaturated/α-hetero) is 1. The van der Waals surface area contributed by atoms with Crippen LogP contribution in [0.1, 0.15) is 35.7 Å². The molecule has 0 atom stereocenters. The van der Waals surface area contributed by atoms with Crippen molar-refractivity contribution in [3.8, 4) is 0 Å². The van der Waals surface area contributed by atoms with E-state index >= 15 is 0 Å². The number of aryl methyl sites for hydroxylation is 1. The lowest BCUT2D eigenvalue weighted by atomic mass is 9.97. The summed E-state index contributed by atoms with van der Waals surface area (Å²) in [4.78, 5) is 24.1. The minimum Gasteiger partial charge on any atom is -0.323 e. The van der Waals surface area contributed by atoms with Crippen LogP contribution in [0.25, 0.3) is 0 Å². The second-order valence-electron chi connectivity index (χ2n) is 7.23. The van der Waals surface area contributed by atoms with Crippen molar-refractivity contribution >= 4 is 27.4 Å². The first-order chi connectivity index (χ1) is 13.7. The van der Waals surface area contributed by atoms with E-state index in [1.54, 1.807) is 25.1 Å². The van der Waals surface area contributed by atoms with Crippen molar-refractivity contribution in [2.45, 2.75) is 31.6 Å². The standard InChI is InChI=1S/C21H23FN2O4S/c1-14-6-7-20(19(22)12-14)23-21(26)16-8-10-24(11-9-16)29(27,28)18-5-3-4-17(13-18)15(2)25/h3-7,12-13,16H,8-11H2,1-2H3,(H,23,26). The number of hydrogen-bond acceptors (Lipinski definition) is 4. The number of amides is 1. The van der Waals surface area contributed by atoms with Crippen molar-refractivity contribution in [3.63, 3.8) is 0 Å². The van der Waals surface area contributed by atoms with Gasteiger partial charge in [0.2, 0.25) is 15.9 Å². The van der Waals surface area contributed by atoms with Gasteiger partial charge in [0.1, 0.15) is 5.82 Å². The van der Waals surface area contributed by atoms with Crippen LogP contribution in [0.5, 0.6) is 0 Å². The van der Waals surface area contributed by atoms with Gasteiger partial charge in [0.15, 0.2) is 5.78 Å². The molecule has 1 amide bonds. The number of rotatable bonds is 5. The van der Waals surface area contributed by atoms with Crippen LogP contribution in [0, 0.1) is 18.7 Å². The summed E-state index contributed by atoms with van der Waals surface area (Å²) in [6.45, 7) is 3.51. The molecule has 2 aromatic carbocycles. The number of piperidine rings is 1. The lowest BCUT2D eigenvalue weighted by Crippen LogP contribution is -2.41. The van der Waals surface area contributed by atoms with Gasteiger partial charge in [-0.25, -0.2) is 12.8 Å². The second-order valence-corrected chi connectivity index (χ2v) is 9.17. The van der Waals surface area contributed by atoms with E-state index in [1.807, 2.05) is 0 Å². The Morgan fingerprint density at radius 2 is 1.79 bits per heavy atom. The molecule has 1 aliphatic rings. The van der Waals surface area contributed by atoms with E-state index in [1.165, 1.54) is 35.5 Å². The average Bonchev–Trinajstić information content (AvgIpc) is 2.70. The number of nitrogens with zero attached hydrogens (tertiary/aromatic N) is 1. The first-order valence-corrected chi connectivity index (χ1v) is 10.8. The molecule has 0 spiro atoms. The summed E-state index contributed by atoms with van der Waals surface area (Å²) < 4.78 is 41.0. The molecule has 1 aliphatic heterocycles. The maximum Gasteiger partial charge on any atom is 0.243 e. The number of carbonyl (C=O) groups is 2. The molecular weight excluding hydrogens is 395 g/mol. The molecule has 154 valence electrons. The summed E-state index contributed by atoms with van der Waals surface area (Å²) in [6.07, 6.45) is 0.676. The minimum atomic E-state index is -3.75. The molecule has 1 fully saturated rings. The Bertz CT molecular complexity index is 1040. The van der Waals surface area contributed by atoms with E-state index in [-0.39, 0.29) is 35.4 Å². The lowest BCUT2D eigenvalue weighted by Gasteiger charge is -2.30. The molecule has 0 radical (unpaired) electrons. The van der Waals surface area contributed by atoms with Crippen LogP contribution < -0.4 is 5.32 Å². The number of nitrogens with one attached hydrogen (secondary N) is 1. The van der Waals surface area contributed by atoms with Gasteiger partial charge in [-0.3, -0.25) is 9.59 Å². The highest BCUT2D eigenvalue weighted by Gasteiger charge is 2.32. The summed E-state index contributed by atoms with van der Waals surface area (Å²) in [5.74, 6) is -1.42. The van der Waals surface area contributed by atoms with Crippen LogP contribution in [0.15, 0.2) is 47.4 Å². The molecule has 3 rings (SSSR count). The highest BCUT2D eigenvalue weighted by atomic mass is 32.2. The zero-order valence-electron chi connectivity index (χ0n) is 16.3. The van der Waals surface area contributed by atoms with Gasteiger partial charge < -0.3 is 5.32 Å². The number of sulfonamides is 1. The Morgan fingerprint density at radius 3 is 2.41 bits per heavy atom. The van der Waals surface area contributed by atoms with Crippen molar-refractivity contribution < 1.29 is 22.4 Å². The van der Waals surface area contributed by atoms with Crippen LogP contribution in [0.2, 0.25) is 0 Å². The third-order valence-corrected chi connectivity index (χ3v) is 6.98. The number of ketones is 1. The predicted molar refractivity (Wildman–Crippen MR) is 108 cm³/mol. The van der Waals surface area contributed by atoms with Crippen molar-refractivity contribution in [3.05, 3.63) is 59.4 Å². The maximum absolute atomic E-state index is 13.9. The average molecular weight is 418 g/mol. The third-order valence-electron chi connectivity index (χ3n) is 5.09. The van der Waals surface area contributed by atoms with Gasteiger partial charge in [0, 0.05) is 24.6 Å². The minimum absolute atomic E-state index is 0.0647. The maximum atomic E-state index is 13.9. The van der Waals surface area contributed by atoms with Crippen LogP contribution >= 0.6 is 0 Å². The molecule has 2 aromatic rings. The molecular formula is C21H23FN2O4S. The first-order valence-electron chi connectivity index (χ1n) is 9.36. The Morgan fingerprint density at radius 1 is 1.10 bits per heavy atom. The first kappa shape index (κ1) is 21.1. The van der Waals surface area contributed by atoms with E-state index in [0.717, 1.165) is 5.56 Å². The molecule has 0 aromatic heterocycles. The van der Waals surface area contributed by atoms with E-state index in [9.17, 15) is 22.4 Å². The molecule has 1 saturated heterocycles. The fourth-order valence-electron chi connectivity index (χ4n) is 3.34. The van der Waals surface area contributed by atoms with Gasteiger partial charge >= 0.3 is 0 Å². The normalized spacial score (nSPS) is 15.8. The molecule has 0 saturated carbocycles. The fraction of sp³-hybridized carbons (Fsp3) is 0.333. The van der Waals surface area contributed by atoms with Gasteiger partial charge in [-0.2, -0.15) is 4.31 Å². The van der Waals surface area contributed by atoms with E-state index in [0.29, 0.717) is 18.4 Å². The van der Waals surface area contributed by atoms with Crippen LogP contribution in [0.3, 0.4) is 0 Å². The number of benzene rings is 2. The van der Waals surface area contributed by atoms with Crippen molar-refractivity contribution in [1.29, 1.82) is 0 Å². The van der Waals surface area contributed by atoms with Crippen LogP contribution in [-0.2, 0) is 14.8 Å². The van der Waals surface area contributed by atoms with Crippen LogP contribution in [0.4, 0.5) is 10.1 Å². The smallest absolute Gasteiger partial charge is 0.243 e. The molecule has 29 heavy (non-hydrogen) atoms.